The van der Waals surface area contributed by atoms with Crippen molar-refractivity contribution in [1.82, 2.24) is 5.32 Å². The van der Waals surface area contributed by atoms with Crippen molar-refractivity contribution < 1.29 is 5.11 Å². The van der Waals surface area contributed by atoms with Gasteiger partial charge in [-0.25, -0.2) is 0 Å². The molecule has 0 amide bonds. The van der Waals surface area contributed by atoms with Crippen molar-refractivity contribution in [2.45, 2.75) is 51.2 Å². The Hall–Kier alpha value is -0.380. The van der Waals surface area contributed by atoms with E-state index in [4.69, 9.17) is 0 Å². The number of thiophene rings is 1. The molecule has 0 saturated heterocycles. The van der Waals surface area contributed by atoms with Crippen LogP contribution in [0.2, 0.25) is 0 Å². The molecule has 3 unspecified atom stereocenters. The molecule has 0 spiro atoms. The quantitative estimate of drug-likeness (QED) is 0.843. The standard InChI is InChI=1S/C14H23NOS/c1-2-11-5-3-6-12(9-11)15-10-13(16)14-7-4-8-17-14/h4,7-8,11-13,15-16H,2-3,5-6,9-10H2,1H3. The zero-order valence-electron chi connectivity index (χ0n) is 10.6. The Kier molecular flexibility index (Phi) is 5.01. The fourth-order valence-electron chi connectivity index (χ4n) is 2.71. The molecular formula is C14H23NOS. The van der Waals surface area contributed by atoms with Gasteiger partial charge < -0.3 is 10.4 Å². The van der Waals surface area contributed by atoms with Crippen LogP contribution < -0.4 is 5.32 Å². The van der Waals surface area contributed by atoms with Gasteiger partial charge in [-0.3, -0.25) is 0 Å². The van der Waals surface area contributed by atoms with Gasteiger partial charge in [0, 0.05) is 17.5 Å². The Morgan fingerprint density at radius 3 is 3.12 bits per heavy atom. The molecule has 0 aliphatic heterocycles. The molecule has 0 radical (unpaired) electrons. The summed E-state index contributed by atoms with van der Waals surface area (Å²) >= 11 is 1.63. The van der Waals surface area contributed by atoms with Crippen molar-refractivity contribution in [1.29, 1.82) is 0 Å². The van der Waals surface area contributed by atoms with E-state index in [1.165, 1.54) is 32.1 Å². The van der Waals surface area contributed by atoms with Crippen LogP contribution in [0, 0.1) is 5.92 Å². The number of aliphatic hydroxyl groups is 1. The molecule has 1 aromatic heterocycles. The summed E-state index contributed by atoms with van der Waals surface area (Å²) in [6, 6.07) is 4.62. The van der Waals surface area contributed by atoms with Gasteiger partial charge in [0.15, 0.2) is 0 Å². The van der Waals surface area contributed by atoms with Gasteiger partial charge in [0.05, 0.1) is 0 Å². The molecule has 3 atom stereocenters. The Balaban J connectivity index is 1.74. The smallest absolute Gasteiger partial charge is 0.101 e. The molecule has 3 heteroatoms. The average Bonchev–Trinajstić information content (AvgIpc) is 2.90. The Morgan fingerprint density at radius 1 is 1.53 bits per heavy atom. The van der Waals surface area contributed by atoms with Crippen LogP contribution in [0.3, 0.4) is 0 Å². The van der Waals surface area contributed by atoms with Crippen LogP contribution in [-0.2, 0) is 0 Å². The Morgan fingerprint density at radius 2 is 2.41 bits per heavy atom. The molecule has 1 aliphatic rings. The van der Waals surface area contributed by atoms with Gasteiger partial charge in [-0.15, -0.1) is 11.3 Å². The third kappa shape index (κ3) is 3.80. The fourth-order valence-corrected chi connectivity index (χ4v) is 3.42. The molecule has 2 rings (SSSR count). The van der Waals surface area contributed by atoms with E-state index in [9.17, 15) is 5.11 Å². The molecule has 17 heavy (non-hydrogen) atoms. The Labute approximate surface area is 108 Å². The van der Waals surface area contributed by atoms with Crippen LogP contribution in [0.15, 0.2) is 17.5 Å². The van der Waals surface area contributed by atoms with E-state index < -0.39 is 0 Å². The van der Waals surface area contributed by atoms with Crippen LogP contribution in [-0.4, -0.2) is 17.7 Å². The first-order valence-corrected chi connectivity index (χ1v) is 7.62. The monoisotopic (exact) mass is 253 g/mol. The molecule has 1 aliphatic carbocycles. The summed E-state index contributed by atoms with van der Waals surface area (Å²) in [5, 5.41) is 15.6. The maximum atomic E-state index is 10.0. The molecule has 1 fully saturated rings. The minimum Gasteiger partial charge on any atom is -0.386 e. The minimum absolute atomic E-state index is 0.336. The molecule has 1 saturated carbocycles. The number of nitrogens with one attached hydrogen (secondary N) is 1. The molecule has 1 aromatic rings. The average molecular weight is 253 g/mol. The van der Waals surface area contributed by atoms with Crippen molar-refractivity contribution in [2.75, 3.05) is 6.54 Å². The van der Waals surface area contributed by atoms with E-state index >= 15 is 0 Å². The van der Waals surface area contributed by atoms with Crippen molar-refractivity contribution in [3.63, 3.8) is 0 Å². The fraction of sp³-hybridized carbons (Fsp3) is 0.714. The highest BCUT2D eigenvalue weighted by Gasteiger charge is 2.21. The molecular weight excluding hydrogens is 230 g/mol. The molecule has 0 bridgehead atoms. The number of hydrogen-bond donors (Lipinski definition) is 2. The summed E-state index contributed by atoms with van der Waals surface area (Å²) in [4.78, 5) is 1.07. The van der Waals surface area contributed by atoms with Crippen LogP contribution >= 0.6 is 11.3 Å². The summed E-state index contributed by atoms with van der Waals surface area (Å²) in [6.07, 6.45) is 6.25. The van der Waals surface area contributed by atoms with Gasteiger partial charge in [0.1, 0.15) is 6.10 Å². The lowest BCUT2D eigenvalue weighted by atomic mass is 9.84. The number of rotatable bonds is 5. The van der Waals surface area contributed by atoms with Crippen molar-refractivity contribution in [3.05, 3.63) is 22.4 Å². The lowest BCUT2D eigenvalue weighted by molar-refractivity contribution is 0.164. The third-order valence-corrected chi connectivity index (χ3v) is 4.81. The first kappa shape index (κ1) is 13.1. The molecule has 1 heterocycles. The van der Waals surface area contributed by atoms with Gasteiger partial charge in [-0.2, -0.15) is 0 Å². The summed E-state index contributed by atoms with van der Waals surface area (Å²) in [5.41, 5.74) is 0. The summed E-state index contributed by atoms with van der Waals surface area (Å²) in [5.74, 6) is 0.889. The van der Waals surface area contributed by atoms with Crippen LogP contribution in [0.5, 0.6) is 0 Å². The normalized spacial score (nSPS) is 26.9. The van der Waals surface area contributed by atoms with Crippen LogP contribution in [0.4, 0.5) is 0 Å². The van der Waals surface area contributed by atoms with Gasteiger partial charge in [0.25, 0.3) is 0 Å². The van der Waals surface area contributed by atoms with E-state index in [2.05, 4.69) is 12.2 Å². The lowest BCUT2D eigenvalue weighted by Gasteiger charge is -2.29. The second-order valence-electron chi connectivity index (χ2n) is 5.08. The largest absolute Gasteiger partial charge is 0.386 e. The highest BCUT2D eigenvalue weighted by Crippen LogP contribution is 2.27. The predicted molar refractivity (Wildman–Crippen MR) is 73.3 cm³/mol. The molecule has 0 aromatic carbocycles. The summed E-state index contributed by atoms with van der Waals surface area (Å²) < 4.78 is 0. The van der Waals surface area contributed by atoms with E-state index in [0.29, 0.717) is 12.6 Å². The second kappa shape index (κ2) is 6.53. The number of hydrogen-bond acceptors (Lipinski definition) is 3. The first-order chi connectivity index (χ1) is 8.29. The van der Waals surface area contributed by atoms with Gasteiger partial charge in [-0.05, 0) is 30.2 Å². The van der Waals surface area contributed by atoms with Crippen molar-refractivity contribution in [2.24, 2.45) is 5.92 Å². The van der Waals surface area contributed by atoms with E-state index in [1.54, 1.807) is 11.3 Å². The first-order valence-electron chi connectivity index (χ1n) is 6.74. The zero-order valence-corrected chi connectivity index (χ0v) is 11.4. The van der Waals surface area contributed by atoms with Gasteiger partial charge in [0.2, 0.25) is 0 Å². The highest BCUT2D eigenvalue weighted by atomic mass is 32.1. The molecule has 2 N–H and O–H groups in total. The van der Waals surface area contributed by atoms with E-state index in [-0.39, 0.29) is 6.10 Å². The lowest BCUT2D eigenvalue weighted by Crippen LogP contribution is -2.36. The van der Waals surface area contributed by atoms with Gasteiger partial charge >= 0.3 is 0 Å². The van der Waals surface area contributed by atoms with E-state index in [0.717, 1.165) is 10.8 Å². The summed E-state index contributed by atoms with van der Waals surface area (Å²) in [6.45, 7) is 2.98. The van der Waals surface area contributed by atoms with Gasteiger partial charge in [-0.1, -0.05) is 32.3 Å². The topological polar surface area (TPSA) is 32.3 Å². The Bertz CT molecular complexity index is 312. The zero-order chi connectivity index (χ0) is 12.1. The maximum Gasteiger partial charge on any atom is 0.101 e. The third-order valence-electron chi connectivity index (χ3n) is 3.83. The number of aliphatic hydroxyl groups excluding tert-OH is 1. The van der Waals surface area contributed by atoms with Crippen LogP contribution in [0.25, 0.3) is 0 Å². The summed E-state index contributed by atoms with van der Waals surface area (Å²) in [7, 11) is 0. The predicted octanol–water partition coefficient (Wildman–Crippen LogP) is 3.34. The van der Waals surface area contributed by atoms with Crippen molar-refractivity contribution in [3.8, 4) is 0 Å². The van der Waals surface area contributed by atoms with E-state index in [1.807, 2.05) is 17.5 Å². The minimum atomic E-state index is -0.336. The second-order valence-corrected chi connectivity index (χ2v) is 6.06. The maximum absolute atomic E-state index is 10.0. The highest BCUT2D eigenvalue weighted by molar-refractivity contribution is 7.10. The van der Waals surface area contributed by atoms with Crippen molar-refractivity contribution >= 4 is 11.3 Å². The molecule has 2 nitrogen and oxygen atoms in total. The van der Waals surface area contributed by atoms with Crippen LogP contribution in [0.1, 0.15) is 50.0 Å². The SMILES string of the molecule is CCC1CCCC(NCC(O)c2cccs2)C1. The molecule has 96 valence electrons.